The molecule has 25 heavy (non-hydrogen) atoms. The van der Waals surface area contributed by atoms with Crippen molar-refractivity contribution in [3.05, 3.63) is 59.9 Å². The van der Waals surface area contributed by atoms with Gasteiger partial charge in [-0.1, -0.05) is 24.3 Å². The Morgan fingerprint density at radius 3 is 2.52 bits per heavy atom. The molecule has 132 valence electrons. The monoisotopic (exact) mass is 345 g/mol. The van der Waals surface area contributed by atoms with Crippen LogP contribution in [0.4, 0.5) is 10.1 Å². The van der Waals surface area contributed by atoms with E-state index in [1.807, 2.05) is 6.92 Å². The minimum absolute atomic E-state index is 0.119. The van der Waals surface area contributed by atoms with E-state index in [1.54, 1.807) is 36.4 Å². The molecule has 1 amide bonds. The number of carbonyl (C=O) groups is 2. The molecule has 1 N–H and O–H groups in total. The van der Waals surface area contributed by atoms with E-state index in [1.165, 1.54) is 12.1 Å². The lowest BCUT2D eigenvalue weighted by molar-refractivity contribution is -0.147. The molecule has 0 bridgehead atoms. The van der Waals surface area contributed by atoms with Crippen molar-refractivity contribution in [3.8, 4) is 5.75 Å². The molecule has 2 aromatic carbocycles. The number of hydrogen-bond donors (Lipinski definition) is 1. The van der Waals surface area contributed by atoms with Crippen molar-refractivity contribution in [3.63, 3.8) is 0 Å². The van der Waals surface area contributed by atoms with Gasteiger partial charge in [0.05, 0.1) is 12.3 Å². The zero-order valence-electron chi connectivity index (χ0n) is 14.0. The van der Waals surface area contributed by atoms with Crippen molar-refractivity contribution in [2.24, 2.45) is 0 Å². The second kappa shape index (κ2) is 9.42. The van der Waals surface area contributed by atoms with Crippen molar-refractivity contribution in [1.29, 1.82) is 0 Å². The lowest BCUT2D eigenvalue weighted by atomic mass is 10.1. The van der Waals surface area contributed by atoms with Crippen molar-refractivity contribution < 1.29 is 23.5 Å². The first-order valence-corrected chi connectivity index (χ1v) is 8.00. The number of nitrogens with one attached hydrogen (secondary N) is 1. The molecule has 0 aromatic heterocycles. The van der Waals surface area contributed by atoms with Crippen molar-refractivity contribution in [2.75, 3.05) is 18.5 Å². The number of benzene rings is 2. The van der Waals surface area contributed by atoms with Crippen LogP contribution in [-0.2, 0) is 20.7 Å². The topological polar surface area (TPSA) is 64.6 Å². The summed E-state index contributed by atoms with van der Waals surface area (Å²) in [5, 5.41) is 2.65. The number of anilines is 1. The van der Waals surface area contributed by atoms with Gasteiger partial charge >= 0.3 is 5.97 Å². The molecule has 5 nitrogen and oxygen atoms in total. The Balaban J connectivity index is 1.76. The summed E-state index contributed by atoms with van der Waals surface area (Å²) in [7, 11) is 0. The Kier molecular flexibility index (Phi) is 6.95. The summed E-state index contributed by atoms with van der Waals surface area (Å²) in [6.45, 7) is 1.95. The zero-order chi connectivity index (χ0) is 18.1. The van der Waals surface area contributed by atoms with Gasteiger partial charge in [-0.3, -0.25) is 9.59 Å². The summed E-state index contributed by atoms with van der Waals surface area (Å²) in [4.78, 5) is 23.6. The number of amides is 1. The summed E-state index contributed by atoms with van der Waals surface area (Å²) in [5.41, 5.74) is 1.35. The summed E-state index contributed by atoms with van der Waals surface area (Å²) in [6, 6.07) is 12.9. The SMILES string of the molecule is CCOc1ccccc1NC(=O)COC(=O)CCc1ccc(F)cc1. The average Bonchev–Trinajstić information content (AvgIpc) is 2.61. The van der Waals surface area contributed by atoms with Crippen LogP contribution < -0.4 is 10.1 Å². The predicted octanol–water partition coefficient (Wildman–Crippen LogP) is 3.34. The molecule has 0 fully saturated rings. The third kappa shape index (κ3) is 6.25. The van der Waals surface area contributed by atoms with Crippen LogP contribution in [0.5, 0.6) is 5.75 Å². The number of carbonyl (C=O) groups excluding carboxylic acids is 2. The van der Waals surface area contributed by atoms with Gasteiger partial charge in [0.15, 0.2) is 6.61 Å². The van der Waals surface area contributed by atoms with E-state index in [4.69, 9.17) is 9.47 Å². The first kappa shape index (κ1) is 18.4. The van der Waals surface area contributed by atoms with E-state index in [-0.39, 0.29) is 18.8 Å². The van der Waals surface area contributed by atoms with Gasteiger partial charge in [-0.15, -0.1) is 0 Å². The maximum Gasteiger partial charge on any atom is 0.306 e. The molecule has 0 unspecified atom stereocenters. The number of para-hydroxylation sites is 2. The number of halogens is 1. The molecule has 0 saturated heterocycles. The standard InChI is InChI=1S/C19H20FNO4/c1-2-24-17-6-4-3-5-16(17)21-18(22)13-25-19(23)12-9-14-7-10-15(20)11-8-14/h3-8,10-11H,2,9,12-13H2,1H3,(H,21,22). The third-order valence-corrected chi connectivity index (χ3v) is 3.36. The smallest absolute Gasteiger partial charge is 0.306 e. The predicted molar refractivity (Wildman–Crippen MR) is 91.9 cm³/mol. The molecular formula is C19H20FNO4. The minimum Gasteiger partial charge on any atom is -0.492 e. The maximum atomic E-state index is 12.8. The van der Waals surface area contributed by atoms with Crippen LogP contribution in [0.25, 0.3) is 0 Å². The van der Waals surface area contributed by atoms with Gasteiger partial charge in [-0.05, 0) is 43.2 Å². The van der Waals surface area contributed by atoms with E-state index in [0.717, 1.165) is 5.56 Å². The molecule has 0 atom stereocenters. The van der Waals surface area contributed by atoms with Crippen LogP contribution in [0.1, 0.15) is 18.9 Å². The first-order valence-electron chi connectivity index (χ1n) is 8.00. The fraction of sp³-hybridized carbons (Fsp3) is 0.263. The molecular weight excluding hydrogens is 325 g/mol. The fourth-order valence-corrected chi connectivity index (χ4v) is 2.15. The highest BCUT2D eigenvalue weighted by Gasteiger charge is 2.10. The van der Waals surface area contributed by atoms with Crippen LogP contribution in [-0.4, -0.2) is 25.1 Å². The molecule has 0 saturated carbocycles. The number of hydrogen-bond acceptors (Lipinski definition) is 4. The highest BCUT2D eigenvalue weighted by molar-refractivity contribution is 5.94. The normalized spacial score (nSPS) is 10.2. The number of esters is 1. The highest BCUT2D eigenvalue weighted by atomic mass is 19.1. The van der Waals surface area contributed by atoms with Gasteiger partial charge in [0.2, 0.25) is 0 Å². The van der Waals surface area contributed by atoms with Crippen LogP contribution in [0.15, 0.2) is 48.5 Å². The van der Waals surface area contributed by atoms with Gasteiger partial charge in [0.25, 0.3) is 5.91 Å². The second-order valence-corrected chi connectivity index (χ2v) is 5.26. The van der Waals surface area contributed by atoms with Gasteiger partial charge in [0.1, 0.15) is 11.6 Å². The first-order chi connectivity index (χ1) is 12.1. The maximum absolute atomic E-state index is 12.8. The lowest BCUT2D eigenvalue weighted by Gasteiger charge is -2.11. The molecule has 0 heterocycles. The van der Waals surface area contributed by atoms with E-state index in [2.05, 4.69) is 5.32 Å². The molecule has 0 radical (unpaired) electrons. The van der Waals surface area contributed by atoms with Crippen LogP contribution >= 0.6 is 0 Å². The van der Waals surface area contributed by atoms with Gasteiger partial charge in [-0.25, -0.2) is 4.39 Å². The molecule has 2 aromatic rings. The highest BCUT2D eigenvalue weighted by Crippen LogP contribution is 2.23. The minimum atomic E-state index is -0.488. The van der Waals surface area contributed by atoms with Crippen molar-refractivity contribution in [1.82, 2.24) is 0 Å². The van der Waals surface area contributed by atoms with E-state index in [9.17, 15) is 14.0 Å². The second-order valence-electron chi connectivity index (χ2n) is 5.26. The van der Waals surface area contributed by atoms with Crippen LogP contribution in [0, 0.1) is 5.82 Å². The summed E-state index contributed by atoms with van der Waals surface area (Å²) < 4.78 is 23.2. The quantitative estimate of drug-likeness (QED) is 0.745. The van der Waals surface area contributed by atoms with Crippen molar-refractivity contribution in [2.45, 2.75) is 19.8 Å². The van der Waals surface area contributed by atoms with Gasteiger partial charge in [0, 0.05) is 6.42 Å². The molecule has 0 aliphatic heterocycles. The Labute approximate surface area is 145 Å². The fourth-order valence-electron chi connectivity index (χ4n) is 2.15. The number of rotatable bonds is 8. The zero-order valence-corrected chi connectivity index (χ0v) is 14.0. The Bertz CT molecular complexity index is 716. The van der Waals surface area contributed by atoms with E-state index < -0.39 is 11.9 Å². The van der Waals surface area contributed by atoms with E-state index >= 15 is 0 Å². The van der Waals surface area contributed by atoms with E-state index in [0.29, 0.717) is 24.5 Å². The third-order valence-electron chi connectivity index (χ3n) is 3.36. The Morgan fingerprint density at radius 2 is 1.80 bits per heavy atom. The number of aryl methyl sites for hydroxylation is 1. The molecule has 6 heteroatoms. The summed E-state index contributed by atoms with van der Waals surface area (Å²) in [6.07, 6.45) is 0.544. The largest absolute Gasteiger partial charge is 0.492 e. The van der Waals surface area contributed by atoms with Gasteiger partial charge < -0.3 is 14.8 Å². The van der Waals surface area contributed by atoms with Gasteiger partial charge in [-0.2, -0.15) is 0 Å². The molecule has 0 spiro atoms. The average molecular weight is 345 g/mol. The van der Waals surface area contributed by atoms with Crippen LogP contribution in [0.3, 0.4) is 0 Å². The molecule has 0 aliphatic carbocycles. The molecule has 0 aliphatic rings. The summed E-state index contributed by atoms with van der Waals surface area (Å²) in [5.74, 6) is -0.698. The Hall–Kier alpha value is -2.89. The summed E-state index contributed by atoms with van der Waals surface area (Å²) >= 11 is 0. The van der Waals surface area contributed by atoms with Crippen LogP contribution in [0.2, 0.25) is 0 Å². The lowest BCUT2D eigenvalue weighted by Crippen LogP contribution is -2.21. The van der Waals surface area contributed by atoms with Crippen molar-refractivity contribution >= 4 is 17.6 Å². The Morgan fingerprint density at radius 1 is 1.08 bits per heavy atom. The molecule has 2 rings (SSSR count). The number of ether oxygens (including phenoxy) is 2.